The third-order valence-corrected chi connectivity index (χ3v) is 6.04. The molecule has 1 saturated heterocycles. The standard InChI is InChI=1S/C20H22I2N2O3/c1-20(2)23-17(19(25)24(20)26-3)11-14-9-15(21)18(16(22)10-14)27-12-13-7-5-4-6-8-13/h4-10,17,23H,11-12H2,1-3H3/t17-/m0/s1. The van der Waals surface area contributed by atoms with E-state index in [1.807, 2.05) is 32.0 Å². The van der Waals surface area contributed by atoms with Gasteiger partial charge in [-0.2, -0.15) is 0 Å². The van der Waals surface area contributed by atoms with E-state index in [2.05, 4.69) is 74.8 Å². The lowest BCUT2D eigenvalue weighted by molar-refractivity contribution is -0.192. The number of nitrogens with one attached hydrogen (secondary N) is 1. The molecule has 1 N–H and O–H groups in total. The summed E-state index contributed by atoms with van der Waals surface area (Å²) in [6, 6.07) is 14.0. The fraction of sp³-hybridized carbons (Fsp3) is 0.350. The lowest BCUT2D eigenvalue weighted by atomic mass is 10.1. The van der Waals surface area contributed by atoms with Crippen molar-refractivity contribution in [3.05, 3.63) is 60.7 Å². The molecule has 1 aliphatic rings. The molecule has 0 radical (unpaired) electrons. The highest BCUT2D eigenvalue weighted by Gasteiger charge is 2.45. The molecular formula is C20H22I2N2O3. The number of halogens is 2. The SMILES string of the molecule is CON1C(=O)[C@H](Cc2cc(I)c(OCc3ccccc3)c(I)c2)NC1(C)C. The van der Waals surface area contributed by atoms with Gasteiger partial charge in [-0.05, 0) is 88.7 Å². The number of benzene rings is 2. The fourth-order valence-electron chi connectivity index (χ4n) is 3.25. The molecule has 0 saturated carbocycles. The number of carbonyl (C=O) groups is 1. The Balaban J connectivity index is 1.72. The first-order valence-corrected chi connectivity index (χ1v) is 10.8. The van der Waals surface area contributed by atoms with Crippen LogP contribution in [0.25, 0.3) is 0 Å². The van der Waals surface area contributed by atoms with Gasteiger partial charge in [-0.15, -0.1) is 0 Å². The van der Waals surface area contributed by atoms with E-state index in [1.54, 1.807) is 0 Å². The Morgan fingerprint density at radius 3 is 2.30 bits per heavy atom. The maximum atomic E-state index is 12.6. The number of hydroxylamine groups is 2. The normalized spacial score (nSPS) is 18.8. The number of ether oxygens (including phenoxy) is 1. The Bertz CT molecular complexity index is 804. The molecule has 1 amide bonds. The maximum absolute atomic E-state index is 12.6. The molecule has 1 heterocycles. The molecule has 2 aromatic rings. The third-order valence-electron chi connectivity index (χ3n) is 4.44. The molecule has 0 aromatic heterocycles. The van der Waals surface area contributed by atoms with Crippen LogP contribution in [0.3, 0.4) is 0 Å². The predicted molar refractivity (Wildman–Crippen MR) is 121 cm³/mol. The van der Waals surface area contributed by atoms with Gasteiger partial charge in [0.2, 0.25) is 0 Å². The van der Waals surface area contributed by atoms with E-state index < -0.39 is 5.66 Å². The van der Waals surface area contributed by atoms with Gasteiger partial charge >= 0.3 is 0 Å². The Kier molecular flexibility index (Phi) is 6.65. The van der Waals surface area contributed by atoms with Gasteiger partial charge in [0.1, 0.15) is 18.0 Å². The number of hydrogen-bond donors (Lipinski definition) is 1. The molecule has 144 valence electrons. The van der Waals surface area contributed by atoms with Crippen molar-refractivity contribution in [3.63, 3.8) is 0 Å². The maximum Gasteiger partial charge on any atom is 0.265 e. The van der Waals surface area contributed by atoms with Gasteiger partial charge in [-0.1, -0.05) is 30.3 Å². The summed E-state index contributed by atoms with van der Waals surface area (Å²) in [4.78, 5) is 17.8. The first-order valence-electron chi connectivity index (χ1n) is 8.62. The first kappa shape index (κ1) is 20.8. The summed E-state index contributed by atoms with van der Waals surface area (Å²) in [6.45, 7) is 4.40. The van der Waals surface area contributed by atoms with Crippen molar-refractivity contribution in [2.24, 2.45) is 0 Å². The van der Waals surface area contributed by atoms with Gasteiger partial charge in [0, 0.05) is 0 Å². The highest BCUT2D eigenvalue weighted by molar-refractivity contribution is 14.1. The summed E-state index contributed by atoms with van der Waals surface area (Å²) in [5.74, 6) is 0.838. The van der Waals surface area contributed by atoms with Gasteiger partial charge in [-0.3, -0.25) is 14.9 Å². The molecule has 0 spiro atoms. The van der Waals surface area contributed by atoms with Crippen molar-refractivity contribution in [2.75, 3.05) is 7.11 Å². The van der Waals surface area contributed by atoms with Crippen LogP contribution in [-0.4, -0.2) is 29.8 Å². The molecule has 1 atom stereocenters. The largest absolute Gasteiger partial charge is 0.487 e. The van der Waals surface area contributed by atoms with E-state index in [9.17, 15) is 4.79 Å². The van der Waals surface area contributed by atoms with Crippen molar-refractivity contribution in [1.29, 1.82) is 0 Å². The Morgan fingerprint density at radius 2 is 1.74 bits per heavy atom. The van der Waals surface area contributed by atoms with E-state index in [0.29, 0.717) is 13.0 Å². The van der Waals surface area contributed by atoms with Crippen molar-refractivity contribution >= 4 is 51.1 Å². The van der Waals surface area contributed by atoms with Crippen LogP contribution in [0, 0.1) is 7.14 Å². The number of hydrogen-bond acceptors (Lipinski definition) is 4. The van der Waals surface area contributed by atoms with Crippen molar-refractivity contribution in [3.8, 4) is 5.75 Å². The van der Waals surface area contributed by atoms with Crippen LogP contribution in [0.1, 0.15) is 25.0 Å². The molecule has 1 fully saturated rings. The third kappa shape index (κ3) is 4.75. The number of amides is 1. The molecule has 2 aromatic carbocycles. The Morgan fingerprint density at radius 1 is 1.11 bits per heavy atom. The molecule has 0 aliphatic carbocycles. The minimum Gasteiger partial charge on any atom is -0.487 e. The highest BCUT2D eigenvalue weighted by Crippen LogP contribution is 2.31. The van der Waals surface area contributed by atoms with Gasteiger partial charge in [-0.25, -0.2) is 5.06 Å². The van der Waals surface area contributed by atoms with Gasteiger partial charge < -0.3 is 4.74 Å². The molecule has 3 rings (SSSR count). The second kappa shape index (κ2) is 8.62. The summed E-state index contributed by atoms with van der Waals surface area (Å²) in [6.07, 6.45) is 0.604. The zero-order valence-electron chi connectivity index (χ0n) is 15.5. The molecular weight excluding hydrogens is 570 g/mol. The average Bonchev–Trinajstić information content (AvgIpc) is 2.83. The van der Waals surface area contributed by atoms with E-state index in [4.69, 9.17) is 9.57 Å². The summed E-state index contributed by atoms with van der Waals surface area (Å²) in [5.41, 5.74) is 1.71. The lowest BCUT2D eigenvalue weighted by Gasteiger charge is -2.28. The van der Waals surface area contributed by atoms with Crippen LogP contribution < -0.4 is 10.1 Å². The van der Waals surface area contributed by atoms with Gasteiger partial charge in [0.25, 0.3) is 5.91 Å². The predicted octanol–water partition coefficient (Wildman–Crippen LogP) is 4.12. The van der Waals surface area contributed by atoms with E-state index >= 15 is 0 Å². The van der Waals surface area contributed by atoms with Gasteiger partial charge in [0.15, 0.2) is 0 Å². The highest BCUT2D eigenvalue weighted by atomic mass is 127. The number of nitrogens with zero attached hydrogens (tertiary/aromatic N) is 1. The Labute approximate surface area is 187 Å². The zero-order chi connectivity index (χ0) is 19.6. The topological polar surface area (TPSA) is 50.8 Å². The van der Waals surface area contributed by atoms with Crippen LogP contribution in [-0.2, 0) is 22.7 Å². The molecule has 27 heavy (non-hydrogen) atoms. The van der Waals surface area contributed by atoms with Crippen LogP contribution in [0.4, 0.5) is 0 Å². The fourth-order valence-corrected chi connectivity index (χ4v) is 5.46. The van der Waals surface area contributed by atoms with Crippen molar-refractivity contribution in [2.45, 2.75) is 38.6 Å². The monoisotopic (exact) mass is 592 g/mol. The van der Waals surface area contributed by atoms with Crippen LogP contribution in [0.2, 0.25) is 0 Å². The van der Waals surface area contributed by atoms with Crippen LogP contribution >= 0.6 is 45.2 Å². The summed E-state index contributed by atoms with van der Waals surface area (Å²) >= 11 is 4.59. The zero-order valence-corrected chi connectivity index (χ0v) is 19.8. The molecule has 7 heteroatoms. The van der Waals surface area contributed by atoms with Crippen LogP contribution in [0.5, 0.6) is 5.75 Å². The second-order valence-corrected chi connectivity index (χ2v) is 9.26. The second-order valence-electron chi connectivity index (χ2n) is 6.94. The minimum absolute atomic E-state index is 0.0445. The summed E-state index contributed by atoms with van der Waals surface area (Å²) < 4.78 is 8.12. The summed E-state index contributed by atoms with van der Waals surface area (Å²) in [7, 11) is 1.52. The van der Waals surface area contributed by atoms with Gasteiger partial charge in [0.05, 0.1) is 20.3 Å². The summed E-state index contributed by atoms with van der Waals surface area (Å²) in [5, 5.41) is 4.75. The number of carbonyl (C=O) groups excluding carboxylic acids is 1. The average molecular weight is 592 g/mol. The van der Waals surface area contributed by atoms with Crippen molar-refractivity contribution < 1.29 is 14.4 Å². The molecule has 5 nitrogen and oxygen atoms in total. The molecule has 0 bridgehead atoms. The van der Waals surface area contributed by atoms with E-state index in [1.165, 1.54) is 12.2 Å². The molecule has 0 unspecified atom stereocenters. The number of rotatable bonds is 6. The minimum atomic E-state index is -0.518. The van der Waals surface area contributed by atoms with E-state index in [-0.39, 0.29) is 11.9 Å². The first-order chi connectivity index (χ1) is 12.8. The quantitative estimate of drug-likeness (QED) is 0.514. The van der Waals surface area contributed by atoms with Crippen molar-refractivity contribution in [1.82, 2.24) is 10.4 Å². The lowest BCUT2D eigenvalue weighted by Crippen LogP contribution is -2.46. The Hall–Kier alpha value is -0.910. The van der Waals surface area contributed by atoms with Crippen LogP contribution in [0.15, 0.2) is 42.5 Å². The smallest absolute Gasteiger partial charge is 0.265 e. The molecule has 1 aliphatic heterocycles. The van der Waals surface area contributed by atoms with E-state index in [0.717, 1.165) is 24.0 Å².